The number of likely N-dealkylation sites (tertiary alicyclic amines) is 1. The van der Waals surface area contributed by atoms with Gasteiger partial charge in [0.05, 0.1) is 28.7 Å². The maximum Gasteiger partial charge on any atom is 0.324 e. The second-order valence-corrected chi connectivity index (χ2v) is 9.89. The number of benzene rings is 2. The second kappa shape index (κ2) is 9.93. The Balaban J connectivity index is 1.07. The van der Waals surface area contributed by atoms with Crippen LogP contribution in [-0.2, 0) is 0 Å². The summed E-state index contributed by atoms with van der Waals surface area (Å²) < 4.78 is 20.6. The van der Waals surface area contributed by atoms with Crippen molar-refractivity contribution in [2.75, 3.05) is 13.1 Å². The molecule has 3 aromatic heterocycles. The van der Waals surface area contributed by atoms with Crippen molar-refractivity contribution in [3.8, 4) is 11.3 Å². The number of rotatable bonds is 4. The van der Waals surface area contributed by atoms with E-state index in [0.717, 1.165) is 35.0 Å². The summed E-state index contributed by atoms with van der Waals surface area (Å²) in [4.78, 5) is 33.6. The number of nitrogens with one attached hydrogen (secondary N) is 1. The molecule has 0 saturated carbocycles. The van der Waals surface area contributed by atoms with Gasteiger partial charge < -0.3 is 14.6 Å². The number of carbonyl (C=O) groups excluding carboxylic acids is 1. The Morgan fingerprint density at radius 3 is 2.75 bits per heavy atom. The molecular weight excluding hydrogens is 509 g/mol. The number of aromatic nitrogens is 3. The third-order valence-corrected chi connectivity index (χ3v) is 7.41. The molecule has 40 heavy (non-hydrogen) atoms. The Kier molecular flexibility index (Phi) is 5.96. The monoisotopic (exact) mass is 533 g/mol. The van der Waals surface area contributed by atoms with Gasteiger partial charge in [-0.2, -0.15) is 4.98 Å². The molecule has 1 N–H and O–H groups in total. The molecule has 2 aliphatic rings. The molecule has 0 radical (unpaired) electrons. The van der Waals surface area contributed by atoms with Crippen molar-refractivity contribution >= 4 is 34.8 Å². The number of halogens is 1. The number of amides is 1. The van der Waals surface area contributed by atoms with Crippen molar-refractivity contribution in [3.05, 3.63) is 90.3 Å². The number of hydrogen-bond donors (Lipinski definition) is 1. The fourth-order valence-electron chi connectivity index (χ4n) is 5.41. The zero-order valence-corrected chi connectivity index (χ0v) is 21.4. The number of hydrogen-bond acceptors (Lipinski definition) is 7. The standard InChI is InChI=1S/C30H24FN7O2/c31-21-8-6-20(7-9-21)26-27(38-17-18-40-30(38)36-26)24-10-14-33-29(35-24)34-22-11-15-37(16-12-22)28(39)23-5-1-3-19-4-2-13-32-25(19)23/h1-9,13-14,22,24H,10-12,15-16H2,(H,34,35). The minimum absolute atomic E-state index is 0.00193. The summed E-state index contributed by atoms with van der Waals surface area (Å²) in [7, 11) is 0. The largest absolute Gasteiger partial charge is 0.369 e. The van der Waals surface area contributed by atoms with Gasteiger partial charge in [0.15, 0.2) is 0 Å². The van der Waals surface area contributed by atoms with E-state index in [-0.39, 0.29) is 23.8 Å². The van der Waals surface area contributed by atoms with E-state index in [1.54, 1.807) is 22.7 Å². The Morgan fingerprint density at radius 1 is 1.07 bits per heavy atom. The lowest BCUT2D eigenvalue weighted by Crippen LogP contribution is -2.46. The van der Waals surface area contributed by atoms with Gasteiger partial charge in [0, 0.05) is 48.9 Å². The summed E-state index contributed by atoms with van der Waals surface area (Å²) in [6, 6.07) is 15.6. The molecule has 5 aromatic rings. The van der Waals surface area contributed by atoms with Crippen LogP contribution in [0.1, 0.15) is 41.4 Å². The number of imidazole rings is 1. The summed E-state index contributed by atoms with van der Waals surface area (Å²) in [6.45, 7) is 1.25. The Morgan fingerprint density at radius 2 is 1.90 bits per heavy atom. The zero-order valence-electron chi connectivity index (χ0n) is 21.4. The summed E-state index contributed by atoms with van der Waals surface area (Å²) in [5, 5.41) is 4.42. The summed E-state index contributed by atoms with van der Waals surface area (Å²) in [6.07, 6.45) is 11.2. The van der Waals surface area contributed by atoms with Gasteiger partial charge in [-0.05, 0) is 49.2 Å². The minimum atomic E-state index is -0.316. The van der Waals surface area contributed by atoms with Gasteiger partial charge in [0.1, 0.15) is 18.1 Å². The van der Waals surface area contributed by atoms with E-state index in [1.165, 1.54) is 12.1 Å². The van der Waals surface area contributed by atoms with Crippen LogP contribution in [0, 0.1) is 18.3 Å². The molecule has 0 spiro atoms. The zero-order chi connectivity index (χ0) is 27.1. The first kappa shape index (κ1) is 24.0. The molecule has 198 valence electrons. The van der Waals surface area contributed by atoms with Gasteiger partial charge in [-0.1, -0.05) is 18.2 Å². The number of fused-ring (bicyclic) bond motifs is 2. The molecule has 1 amide bonds. The molecule has 5 heterocycles. The lowest BCUT2D eigenvalue weighted by Gasteiger charge is -2.33. The molecule has 1 fully saturated rings. The average molecular weight is 534 g/mol. The summed E-state index contributed by atoms with van der Waals surface area (Å²) in [5.74, 6) is 0.567. The Hall–Kier alpha value is -5.04. The van der Waals surface area contributed by atoms with Gasteiger partial charge in [0.25, 0.3) is 5.91 Å². The molecule has 1 saturated heterocycles. The van der Waals surface area contributed by atoms with Crippen LogP contribution >= 0.6 is 0 Å². The van der Waals surface area contributed by atoms with E-state index in [2.05, 4.69) is 32.7 Å². The smallest absolute Gasteiger partial charge is 0.324 e. The number of aliphatic imine (C=N–C) groups is 2. The number of piperidine rings is 1. The first-order chi connectivity index (χ1) is 19.6. The summed E-state index contributed by atoms with van der Waals surface area (Å²) >= 11 is 0. The highest BCUT2D eigenvalue weighted by Gasteiger charge is 2.28. The number of carbonyl (C=O) groups is 1. The second-order valence-electron chi connectivity index (χ2n) is 9.89. The minimum Gasteiger partial charge on any atom is -0.369 e. The van der Waals surface area contributed by atoms with Crippen LogP contribution in [0.15, 0.2) is 75.2 Å². The lowest BCUT2D eigenvalue weighted by molar-refractivity contribution is 0.0712. The molecule has 2 aliphatic heterocycles. The van der Waals surface area contributed by atoms with E-state index in [0.29, 0.717) is 42.6 Å². The van der Waals surface area contributed by atoms with E-state index < -0.39 is 0 Å². The van der Waals surface area contributed by atoms with Gasteiger partial charge in [-0.25, -0.2) is 18.8 Å². The maximum absolute atomic E-state index is 13.6. The van der Waals surface area contributed by atoms with E-state index >= 15 is 0 Å². The van der Waals surface area contributed by atoms with Crippen LogP contribution in [-0.4, -0.2) is 56.5 Å². The van der Waals surface area contributed by atoms with Crippen LogP contribution in [0.4, 0.5) is 4.39 Å². The van der Waals surface area contributed by atoms with Crippen molar-refractivity contribution in [1.29, 1.82) is 0 Å². The van der Waals surface area contributed by atoms with E-state index in [4.69, 9.17) is 9.41 Å². The van der Waals surface area contributed by atoms with Gasteiger partial charge in [0.2, 0.25) is 5.96 Å². The predicted octanol–water partition coefficient (Wildman–Crippen LogP) is 4.65. The topological polar surface area (TPSA) is 100 Å². The highest BCUT2D eigenvalue weighted by atomic mass is 19.1. The molecule has 0 bridgehead atoms. The van der Waals surface area contributed by atoms with Crippen LogP contribution in [0.25, 0.3) is 28.0 Å². The quantitative estimate of drug-likeness (QED) is 0.363. The number of pyridine rings is 1. The molecule has 7 rings (SSSR count). The van der Waals surface area contributed by atoms with Crippen molar-refractivity contribution in [3.63, 3.8) is 0 Å². The SMILES string of the molecule is O=C(c1cccc2cccnc12)N1CCC(NC2=NC(c3c(-c4ccc(F)cc4)nc4oc#cn34)CC=N2)CC1. The van der Waals surface area contributed by atoms with Crippen LogP contribution in [0.3, 0.4) is 0 Å². The van der Waals surface area contributed by atoms with Crippen LogP contribution < -0.4 is 5.32 Å². The highest BCUT2D eigenvalue weighted by Crippen LogP contribution is 2.33. The van der Waals surface area contributed by atoms with Crippen LogP contribution in [0.2, 0.25) is 0 Å². The van der Waals surface area contributed by atoms with Gasteiger partial charge in [-0.3, -0.25) is 9.78 Å². The summed E-state index contributed by atoms with van der Waals surface area (Å²) in [5.41, 5.74) is 3.55. The van der Waals surface area contributed by atoms with Crippen molar-refractivity contribution < 1.29 is 13.6 Å². The average Bonchev–Trinajstić information content (AvgIpc) is 3.59. The van der Waals surface area contributed by atoms with Gasteiger partial charge >= 0.3 is 5.84 Å². The molecule has 9 nitrogen and oxygen atoms in total. The Bertz CT molecular complexity index is 1760. The molecule has 0 aliphatic carbocycles. The Labute approximate surface area is 229 Å². The normalized spacial score (nSPS) is 17.7. The van der Waals surface area contributed by atoms with Crippen molar-refractivity contribution in [1.82, 2.24) is 24.6 Å². The fourth-order valence-corrected chi connectivity index (χ4v) is 5.41. The van der Waals surface area contributed by atoms with Crippen molar-refractivity contribution in [2.45, 2.75) is 31.3 Å². The van der Waals surface area contributed by atoms with Crippen molar-refractivity contribution in [2.24, 2.45) is 9.98 Å². The van der Waals surface area contributed by atoms with E-state index in [1.807, 2.05) is 41.4 Å². The predicted molar refractivity (Wildman–Crippen MR) is 148 cm³/mol. The first-order valence-electron chi connectivity index (χ1n) is 13.2. The first-order valence-corrected chi connectivity index (χ1v) is 13.2. The molecule has 1 unspecified atom stereocenters. The molecule has 1 atom stereocenters. The van der Waals surface area contributed by atoms with E-state index in [9.17, 15) is 9.18 Å². The molecular formula is C30H24FN7O2. The van der Waals surface area contributed by atoms with Crippen LogP contribution in [0.5, 0.6) is 0 Å². The molecule has 2 aromatic carbocycles. The highest BCUT2D eigenvalue weighted by molar-refractivity contribution is 6.05. The number of nitrogens with zero attached hydrogens (tertiary/aromatic N) is 6. The third kappa shape index (κ3) is 4.35. The fraction of sp³-hybridized carbons (Fsp3) is 0.233. The number of para-hydroxylation sites is 1. The maximum atomic E-state index is 13.6. The number of guanidine groups is 1. The third-order valence-electron chi connectivity index (χ3n) is 7.41. The van der Waals surface area contributed by atoms with Gasteiger partial charge in [-0.15, -0.1) is 0 Å². The molecule has 10 heteroatoms. The lowest BCUT2D eigenvalue weighted by atomic mass is 10.0.